The van der Waals surface area contributed by atoms with E-state index in [1.165, 1.54) is 22.6 Å². The van der Waals surface area contributed by atoms with Gasteiger partial charge in [-0.1, -0.05) is 82.2 Å². The Morgan fingerprint density at radius 2 is 1.24 bits per heavy atom. The van der Waals surface area contributed by atoms with Crippen LogP contribution in [-0.2, 0) is 10.8 Å². The van der Waals surface area contributed by atoms with E-state index >= 15 is 0 Å². The monoisotopic (exact) mass is 399 g/mol. The molecular formula is C27H47N2+. The molecule has 0 saturated heterocycles. The molecule has 164 valence electrons. The molecular weight excluding hydrogens is 352 g/mol. The number of anilines is 1. The summed E-state index contributed by atoms with van der Waals surface area (Å²) in [5.41, 5.74) is 4.72. The topological polar surface area (TPSA) is 6.25 Å². The third kappa shape index (κ3) is 5.06. The smallest absolute Gasteiger partial charge is 0.255 e. The zero-order valence-electron chi connectivity index (χ0n) is 21.6. The molecule has 0 spiro atoms. The van der Waals surface area contributed by atoms with Crippen LogP contribution in [0.3, 0.4) is 0 Å². The first-order valence-electron chi connectivity index (χ1n) is 11.5. The van der Waals surface area contributed by atoms with Gasteiger partial charge in [0.15, 0.2) is 0 Å². The number of amidine groups is 1. The molecule has 1 aliphatic heterocycles. The van der Waals surface area contributed by atoms with Crippen molar-refractivity contribution < 1.29 is 4.58 Å². The summed E-state index contributed by atoms with van der Waals surface area (Å²) in [6, 6.07) is 8.32. The molecule has 1 aromatic carbocycles. The summed E-state index contributed by atoms with van der Waals surface area (Å²) in [4.78, 5) is 2.63. The third-order valence-corrected chi connectivity index (χ3v) is 6.27. The van der Waals surface area contributed by atoms with Crippen LogP contribution in [0.5, 0.6) is 0 Å². The molecule has 0 aromatic heterocycles. The minimum atomic E-state index is 0.134. The molecule has 0 radical (unpaired) electrons. The molecule has 0 bridgehead atoms. The molecule has 0 amide bonds. The molecule has 1 atom stereocenters. The minimum absolute atomic E-state index is 0.134. The van der Waals surface area contributed by atoms with Crippen molar-refractivity contribution in [1.82, 2.24) is 0 Å². The molecule has 2 rings (SSSR count). The Hall–Kier alpha value is -1.31. The fraction of sp³-hybridized carbons (Fsp3) is 0.741. The van der Waals surface area contributed by atoms with Crippen molar-refractivity contribution >= 4 is 11.5 Å². The van der Waals surface area contributed by atoms with Gasteiger partial charge in [-0.05, 0) is 47.9 Å². The van der Waals surface area contributed by atoms with Gasteiger partial charge in [0.2, 0.25) is 0 Å². The number of benzene rings is 1. The number of nitrogens with zero attached hydrogens (tertiary/aromatic N) is 2. The molecule has 0 aliphatic carbocycles. The van der Waals surface area contributed by atoms with Gasteiger partial charge in [-0.15, -0.1) is 0 Å². The summed E-state index contributed by atoms with van der Waals surface area (Å²) in [7, 11) is 0. The lowest BCUT2D eigenvalue weighted by Gasteiger charge is -2.28. The van der Waals surface area contributed by atoms with Crippen LogP contribution in [0.2, 0.25) is 0 Å². The van der Waals surface area contributed by atoms with E-state index in [0.717, 1.165) is 6.54 Å². The molecule has 0 unspecified atom stereocenters. The highest BCUT2D eigenvalue weighted by molar-refractivity contribution is 5.97. The van der Waals surface area contributed by atoms with Gasteiger partial charge in [0.25, 0.3) is 5.84 Å². The molecule has 0 fully saturated rings. The third-order valence-electron chi connectivity index (χ3n) is 6.27. The second-order valence-corrected chi connectivity index (χ2v) is 12.8. The Balaban J connectivity index is 2.75. The highest BCUT2D eigenvalue weighted by Crippen LogP contribution is 2.37. The van der Waals surface area contributed by atoms with Gasteiger partial charge in [0.05, 0.1) is 12.0 Å². The maximum absolute atomic E-state index is 2.70. The van der Waals surface area contributed by atoms with Crippen LogP contribution in [0.15, 0.2) is 18.2 Å². The zero-order chi connectivity index (χ0) is 22.5. The highest BCUT2D eigenvalue weighted by atomic mass is 15.3. The highest BCUT2D eigenvalue weighted by Gasteiger charge is 2.47. The van der Waals surface area contributed by atoms with Crippen molar-refractivity contribution in [3.8, 4) is 0 Å². The van der Waals surface area contributed by atoms with Crippen LogP contribution in [0.25, 0.3) is 0 Å². The van der Waals surface area contributed by atoms with E-state index < -0.39 is 0 Å². The molecule has 0 saturated carbocycles. The lowest BCUT2D eigenvalue weighted by Crippen LogP contribution is -2.41. The fourth-order valence-corrected chi connectivity index (χ4v) is 4.45. The molecule has 2 nitrogen and oxygen atoms in total. The van der Waals surface area contributed by atoms with Gasteiger partial charge >= 0.3 is 0 Å². The van der Waals surface area contributed by atoms with Crippen LogP contribution in [-0.4, -0.2) is 29.0 Å². The van der Waals surface area contributed by atoms with E-state index in [0.29, 0.717) is 18.0 Å². The quantitative estimate of drug-likeness (QED) is 0.496. The van der Waals surface area contributed by atoms with E-state index in [-0.39, 0.29) is 16.2 Å². The molecule has 0 N–H and O–H groups in total. The van der Waals surface area contributed by atoms with Gasteiger partial charge in [-0.25, -0.2) is 4.90 Å². The standard InChI is InChI=1S/C27H47N2/c1-18(2)24-28(17-23(27(11,12)13)29(24)19(3)4)22-15-20(25(5,6)7)14-21(16-22)26(8,9)10/h14-16,18-19,23H,17H2,1-13H3/q+1/t23-/m1/s1. The minimum Gasteiger partial charge on any atom is -0.256 e. The van der Waals surface area contributed by atoms with Crippen molar-refractivity contribution in [2.24, 2.45) is 11.3 Å². The van der Waals surface area contributed by atoms with Crippen LogP contribution in [0.4, 0.5) is 5.69 Å². The number of hydrogen-bond acceptors (Lipinski definition) is 1. The summed E-state index contributed by atoms with van der Waals surface area (Å²) in [5, 5.41) is 0. The van der Waals surface area contributed by atoms with Gasteiger partial charge in [-0.3, -0.25) is 4.58 Å². The van der Waals surface area contributed by atoms with Crippen molar-refractivity contribution in [2.45, 2.75) is 113 Å². The van der Waals surface area contributed by atoms with Crippen LogP contribution in [0, 0.1) is 11.3 Å². The average molecular weight is 400 g/mol. The Morgan fingerprint density at radius 3 is 1.55 bits per heavy atom. The lowest BCUT2D eigenvalue weighted by molar-refractivity contribution is -0.600. The zero-order valence-corrected chi connectivity index (χ0v) is 21.6. The van der Waals surface area contributed by atoms with Gasteiger partial charge in [-0.2, -0.15) is 0 Å². The van der Waals surface area contributed by atoms with Crippen molar-refractivity contribution in [3.63, 3.8) is 0 Å². The Bertz CT molecular complexity index is 729. The van der Waals surface area contributed by atoms with Crippen LogP contribution in [0.1, 0.15) is 101 Å². The molecule has 2 heteroatoms. The van der Waals surface area contributed by atoms with E-state index in [1.807, 2.05) is 0 Å². The SMILES string of the molecule is CC(C)C1=[N+](C(C)C)[C@@H](C(C)(C)C)CN1c1cc(C(C)(C)C)cc(C(C)(C)C)c1. The van der Waals surface area contributed by atoms with E-state index in [4.69, 9.17) is 0 Å². The molecule has 1 aromatic rings. The first-order chi connectivity index (χ1) is 12.9. The first kappa shape index (κ1) is 24.0. The van der Waals surface area contributed by atoms with Crippen molar-refractivity contribution in [3.05, 3.63) is 29.3 Å². The summed E-state index contributed by atoms with van der Waals surface area (Å²) >= 11 is 0. The largest absolute Gasteiger partial charge is 0.256 e. The average Bonchev–Trinajstić information content (AvgIpc) is 2.94. The van der Waals surface area contributed by atoms with Crippen LogP contribution < -0.4 is 4.90 Å². The maximum Gasteiger partial charge on any atom is 0.255 e. The van der Waals surface area contributed by atoms with Gasteiger partial charge < -0.3 is 0 Å². The Morgan fingerprint density at radius 1 is 0.793 bits per heavy atom. The van der Waals surface area contributed by atoms with Crippen molar-refractivity contribution in [2.75, 3.05) is 11.4 Å². The summed E-state index contributed by atoms with van der Waals surface area (Å²) in [6.45, 7) is 31.6. The van der Waals surface area contributed by atoms with Crippen LogP contribution >= 0.6 is 0 Å². The molecule has 29 heavy (non-hydrogen) atoms. The molecule has 1 aliphatic rings. The first-order valence-corrected chi connectivity index (χ1v) is 11.5. The Labute approximate surface area is 181 Å². The number of rotatable bonds is 3. The predicted molar refractivity (Wildman–Crippen MR) is 130 cm³/mol. The number of hydrogen-bond donors (Lipinski definition) is 0. The van der Waals surface area contributed by atoms with Crippen molar-refractivity contribution in [1.29, 1.82) is 0 Å². The summed E-state index contributed by atoms with van der Waals surface area (Å²) < 4.78 is 2.70. The second-order valence-electron chi connectivity index (χ2n) is 12.8. The Kier molecular flexibility index (Phi) is 6.40. The predicted octanol–water partition coefficient (Wildman–Crippen LogP) is 6.99. The van der Waals surface area contributed by atoms with E-state index in [9.17, 15) is 0 Å². The summed E-state index contributed by atoms with van der Waals surface area (Å²) in [5.74, 6) is 1.96. The van der Waals surface area contributed by atoms with E-state index in [2.05, 4.69) is 118 Å². The lowest BCUT2D eigenvalue weighted by atomic mass is 9.80. The fourth-order valence-electron chi connectivity index (χ4n) is 4.45. The molecule has 1 heterocycles. The van der Waals surface area contributed by atoms with Gasteiger partial charge in [0, 0.05) is 5.41 Å². The maximum atomic E-state index is 2.70. The summed E-state index contributed by atoms with van der Waals surface area (Å²) in [6.07, 6.45) is 0. The normalized spacial score (nSPS) is 19.1. The van der Waals surface area contributed by atoms with Gasteiger partial charge in [0.1, 0.15) is 18.3 Å². The second kappa shape index (κ2) is 7.75. The van der Waals surface area contributed by atoms with E-state index in [1.54, 1.807) is 0 Å².